The van der Waals surface area contributed by atoms with Crippen LogP contribution in [0, 0.1) is 6.92 Å². The molecule has 0 aromatic heterocycles. The summed E-state index contributed by atoms with van der Waals surface area (Å²) in [5.41, 5.74) is 5.42. The number of ether oxygens (including phenoxy) is 4. The van der Waals surface area contributed by atoms with Gasteiger partial charge in [0.25, 0.3) is 0 Å². The Morgan fingerprint density at radius 3 is 2.43 bits per heavy atom. The van der Waals surface area contributed by atoms with Crippen molar-refractivity contribution in [2.75, 3.05) is 13.2 Å². The number of carbonyl (C=O) groups is 1. The van der Waals surface area contributed by atoms with Crippen LogP contribution in [0.2, 0.25) is 10.0 Å². The highest BCUT2D eigenvalue weighted by atomic mass is 35.5. The van der Waals surface area contributed by atoms with Crippen molar-refractivity contribution in [2.24, 2.45) is 0 Å². The van der Waals surface area contributed by atoms with Crippen molar-refractivity contribution < 1.29 is 23.7 Å². The summed E-state index contributed by atoms with van der Waals surface area (Å²) in [5.74, 6) is 2.32. The topological polar surface area (TPSA) is 54.0 Å². The van der Waals surface area contributed by atoms with Gasteiger partial charge in [0.1, 0.15) is 37.9 Å². The molecular formula is C30H24Cl2O5. The third-order valence-corrected chi connectivity index (χ3v) is 6.69. The van der Waals surface area contributed by atoms with Gasteiger partial charge in [0, 0.05) is 11.1 Å². The van der Waals surface area contributed by atoms with E-state index in [1.807, 2.05) is 48.5 Å². The van der Waals surface area contributed by atoms with Gasteiger partial charge in [-0.05, 0) is 65.1 Å². The molecule has 0 saturated heterocycles. The molecule has 5 nitrogen and oxygen atoms in total. The number of carbonyl (C=O) groups excluding carboxylic acids is 1. The Hall–Kier alpha value is -3.67. The maximum absolute atomic E-state index is 11.6. The third kappa shape index (κ3) is 5.68. The van der Waals surface area contributed by atoms with E-state index in [0.717, 1.165) is 39.3 Å². The summed E-state index contributed by atoms with van der Waals surface area (Å²) < 4.78 is 23.4. The maximum atomic E-state index is 11.6. The molecule has 1 aliphatic rings. The molecule has 4 aromatic carbocycles. The highest BCUT2D eigenvalue weighted by Gasteiger charge is 2.16. The first-order chi connectivity index (χ1) is 18.0. The van der Waals surface area contributed by atoms with Crippen LogP contribution in [0.5, 0.6) is 23.0 Å². The van der Waals surface area contributed by atoms with Crippen molar-refractivity contribution in [1.82, 2.24) is 0 Å². The zero-order valence-corrected chi connectivity index (χ0v) is 21.6. The SMILES string of the molecule is Cc1c(COc2cc(OCc3cccc(Cl)c3)c(C=O)cc2Cl)cccc1-c1ccc2c(c1)OCCO2. The average molecular weight is 535 g/mol. The number of fused-ring (bicyclic) bond motifs is 1. The molecular weight excluding hydrogens is 511 g/mol. The van der Waals surface area contributed by atoms with E-state index < -0.39 is 0 Å². The van der Waals surface area contributed by atoms with Crippen molar-refractivity contribution in [2.45, 2.75) is 20.1 Å². The number of hydrogen-bond acceptors (Lipinski definition) is 5. The second kappa shape index (κ2) is 11.2. The summed E-state index contributed by atoms with van der Waals surface area (Å²) in [6.45, 7) is 3.69. The first-order valence-electron chi connectivity index (χ1n) is 11.8. The largest absolute Gasteiger partial charge is 0.488 e. The molecule has 0 fully saturated rings. The van der Waals surface area contributed by atoms with Crippen LogP contribution in [0.4, 0.5) is 0 Å². The van der Waals surface area contributed by atoms with Gasteiger partial charge in [-0.1, -0.05) is 59.6 Å². The van der Waals surface area contributed by atoms with E-state index in [2.05, 4.69) is 13.0 Å². The lowest BCUT2D eigenvalue weighted by molar-refractivity contribution is 0.111. The number of hydrogen-bond donors (Lipinski definition) is 0. The van der Waals surface area contributed by atoms with Crippen LogP contribution in [0.15, 0.2) is 72.8 Å². The predicted octanol–water partition coefficient (Wildman–Crippen LogP) is 7.71. The standard InChI is InChI=1S/C30H24Cl2O5/c1-19-22(5-3-7-25(19)21-8-9-27-30(14-21)35-11-10-34-27)18-37-29-15-28(23(16-33)13-26(29)32)36-17-20-4-2-6-24(31)12-20/h2-9,12-16H,10-11,17-18H2,1H3. The summed E-state index contributed by atoms with van der Waals surface area (Å²) in [4.78, 5) is 11.6. The molecule has 0 bridgehead atoms. The summed E-state index contributed by atoms with van der Waals surface area (Å²) in [6, 6.07) is 22.6. The molecule has 4 aromatic rings. The van der Waals surface area contributed by atoms with Crippen LogP contribution in [0.1, 0.15) is 27.0 Å². The Balaban J connectivity index is 1.35. The fraction of sp³-hybridized carbons (Fsp3) is 0.167. The minimum atomic E-state index is 0.249. The molecule has 1 aliphatic heterocycles. The molecule has 7 heteroatoms. The highest BCUT2D eigenvalue weighted by molar-refractivity contribution is 6.32. The van der Waals surface area contributed by atoms with Gasteiger partial charge in [-0.25, -0.2) is 0 Å². The second-order valence-corrected chi connectivity index (χ2v) is 9.44. The Labute approximate surface area is 225 Å². The third-order valence-electron chi connectivity index (χ3n) is 6.16. The Kier molecular flexibility index (Phi) is 7.54. The predicted molar refractivity (Wildman–Crippen MR) is 145 cm³/mol. The lowest BCUT2D eigenvalue weighted by atomic mass is 9.96. The zero-order chi connectivity index (χ0) is 25.8. The average Bonchev–Trinajstić information content (AvgIpc) is 2.92. The molecule has 0 N–H and O–H groups in total. The van der Waals surface area contributed by atoms with E-state index in [1.165, 1.54) is 0 Å². The van der Waals surface area contributed by atoms with Gasteiger partial charge in [-0.2, -0.15) is 0 Å². The Morgan fingerprint density at radius 1 is 0.838 bits per heavy atom. The minimum Gasteiger partial charge on any atom is -0.488 e. The number of aldehydes is 1. The smallest absolute Gasteiger partial charge is 0.161 e. The molecule has 0 saturated carbocycles. The molecule has 37 heavy (non-hydrogen) atoms. The van der Waals surface area contributed by atoms with Gasteiger partial charge in [0.15, 0.2) is 17.8 Å². The van der Waals surface area contributed by atoms with Gasteiger partial charge in [0.05, 0.1) is 10.6 Å². The summed E-state index contributed by atoms with van der Waals surface area (Å²) >= 11 is 12.5. The number of benzene rings is 4. The van der Waals surface area contributed by atoms with Crippen molar-refractivity contribution >= 4 is 29.5 Å². The van der Waals surface area contributed by atoms with Crippen molar-refractivity contribution in [3.63, 3.8) is 0 Å². The molecule has 0 radical (unpaired) electrons. The number of rotatable bonds is 8. The van der Waals surface area contributed by atoms with E-state index in [0.29, 0.717) is 46.6 Å². The first-order valence-corrected chi connectivity index (χ1v) is 12.5. The van der Waals surface area contributed by atoms with Crippen LogP contribution < -0.4 is 18.9 Å². The second-order valence-electron chi connectivity index (χ2n) is 8.59. The van der Waals surface area contributed by atoms with Crippen LogP contribution in [0.3, 0.4) is 0 Å². The molecule has 1 heterocycles. The molecule has 188 valence electrons. The van der Waals surface area contributed by atoms with Gasteiger partial charge < -0.3 is 18.9 Å². The molecule has 0 spiro atoms. The lowest BCUT2D eigenvalue weighted by Crippen LogP contribution is -2.15. The van der Waals surface area contributed by atoms with E-state index >= 15 is 0 Å². The molecule has 0 aliphatic carbocycles. The zero-order valence-electron chi connectivity index (χ0n) is 20.1. The van der Waals surface area contributed by atoms with Gasteiger partial charge in [0.2, 0.25) is 0 Å². The highest BCUT2D eigenvalue weighted by Crippen LogP contribution is 2.37. The van der Waals surface area contributed by atoms with Crippen molar-refractivity contribution in [3.8, 4) is 34.1 Å². The van der Waals surface area contributed by atoms with Crippen LogP contribution in [0.25, 0.3) is 11.1 Å². The van der Waals surface area contributed by atoms with Crippen LogP contribution >= 0.6 is 23.2 Å². The fourth-order valence-electron chi connectivity index (χ4n) is 4.18. The summed E-state index contributed by atoms with van der Waals surface area (Å²) in [7, 11) is 0. The maximum Gasteiger partial charge on any atom is 0.161 e. The molecule has 0 atom stereocenters. The van der Waals surface area contributed by atoms with Gasteiger partial charge >= 0.3 is 0 Å². The van der Waals surface area contributed by atoms with Crippen molar-refractivity contribution in [3.05, 3.63) is 105 Å². The van der Waals surface area contributed by atoms with Crippen LogP contribution in [-0.2, 0) is 13.2 Å². The van der Waals surface area contributed by atoms with E-state index in [9.17, 15) is 4.79 Å². The van der Waals surface area contributed by atoms with E-state index in [1.54, 1.807) is 18.2 Å². The minimum absolute atomic E-state index is 0.249. The lowest BCUT2D eigenvalue weighted by Gasteiger charge is -2.20. The van der Waals surface area contributed by atoms with E-state index in [4.69, 9.17) is 42.1 Å². The molecule has 0 amide bonds. The molecule has 0 unspecified atom stereocenters. The van der Waals surface area contributed by atoms with Gasteiger partial charge in [-0.15, -0.1) is 0 Å². The van der Waals surface area contributed by atoms with E-state index in [-0.39, 0.29) is 13.2 Å². The van der Waals surface area contributed by atoms with Crippen molar-refractivity contribution in [1.29, 1.82) is 0 Å². The quantitative estimate of drug-likeness (QED) is 0.216. The normalized spacial score (nSPS) is 12.2. The Bertz CT molecular complexity index is 1450. The summed E-state index contributed by atoms with van der Waals surface area (Å²) in [5, 5.41) is 0.948. The summed E-state index contributed by atoms with van der Waals surface area (Å²) in [6.07, 6.45) is 0.712. The first kappa shape index (κ1) is 25.0. The van der Waals surface area contributed by atoms with Crippen LogP contribution in [-0.4, -0.2) is 19.5 Å². The Morgan fingerprint density at radius 2 is 1.62 bits per heavy atom. The van der Waals surface area contributed by atoms with Gasteiger partial charge in [-0.3, -0.25) is 4.79 Å². The molecule has 5 rings (SSSR count). The monoisotopic (exact) mass is 534 g/mol. The number of halogens is 2. The fourth-order valence-corrected chi connectivity index (χ4v) is 4.62.